The van der Waals surface area contributed by atoms with E-state index in [0.717, 1.165) is 0 Å². The van der Waals surface area contributed by atoms with Crippen molar-refractivity contribution in [3.05, 3.63) is 36.5 Å². The average Bonchev–Trinajstić information content (AvgIpc) is 2.60. The second kappa shape index (κ2) is 18.4. The smallest absolute Gasteiger partial charge is 0.333 e. The van der Waals surface area contributed by atoms with Crippen LogP contribution in [0.3, 0.4) is 0 Å². The normalized spacial score (nSPS) is 8.92. The summed E-state index contributed by atoms with van der Waals surface area (Å²) < 4.78 is 9.31. The molecule has 0 aliphatic heterocycles. The van der Waals surface area contributed by atoms with Crippen molar-refractivity contribution in [3.8, 4) is 0 Å². The van der Waals surface area contributed by atoms with Crippen molar-refractivity contribution < 1.29 is 38.9 Å². The van der Waals surface area contributed by atoms with E-state index < -0.39 is 11.9 Å². The molecular weight excluding hydrogens is 344 g/mol. The van der Waals surface area contributed by atoms with E-state index in [1.54, 1.807) is 13.8 Å². The highest BCUT2D eigenvalue weighted by atomic mass is 16.5. The number of ether oxygens (including phenoxy) is 2. The van der Waals surface area contributed by atoms with Gasteiger partial charge in [0.15, 0.2) is 0 Å². The van der Waals surface area contributed by atoms with Crippen LogP contribution in [0.25, 0.3) is 0 Å². The zero-order chi connectivity index (χ0) is 21.1. The predicted molar refractivity (Wildman–Crippen MR) is 96.5 cm³/mol. The van der Waals surface area contributed by atoms with Gasteiger partial charge in [-0.25, -0.2) is 19.2 Å². The fourth-order valence-electron chi connectivity index (χ4n) is 0.898. The minimum absolute atomic E-state index is 0.278. The molecule has 0 fully saturated rings. The Hall–Kier alpha value is -2.90. The van der Waals surface area contributed by atoms with Gasteiger partial charge >= 0.3 is 23.9 Å². The van der Waals surface area contributed by atoms with Gasteiger partial charge in [0.05, 0.1) is 13.2 Å². The molecular formula is C18H28O8. The van der Waals surface area contributed by atoms with Crippen molar-refractivity contribution in [2.45, 2.75) is 40.5 Å². The van der Waals surface area contributed by atoms with Gasteiger partial charge in [-0.15, -0.1) is 0 Å². The molecule has 148 valence electrons. The summed E-state index contributed by atoms with van der Waals surface area (Å²) in [6, 6.07) is 0. The molecule has 0 aromatic rings. The van der Waals surface area contributed by atoms with Gasteiger partial charge in [-0.1, -0.05) is 27.0 Å². The molecule has 0 aliphatic carbocycles. The average molecular weight is 372 g/mol. The number of hydrogen-bond acceptors (Lipinski definition) is 6. The summed E-state index contributed by atoms with van der Waals surface area (Å²) >= 11 is 0. The molecule has 8 heteroatoms. The van der Waals surface area contributed by atoms with Crippen LogP contribution in [0.5, 0.6) is 0 Å². The van der Waals surface area contributed by atoms with Gasteiger partial charge in [-0.2, -0.15) is 0 Å². The van der Waals surface area contributed by atoms with E-state index >= 15 is 0 Å². The number of esters is 2. The zero-order valence-corrected chi connectivity index (χ0v) is 15.7. The molecule has 2 N–H and O–H groups in total. The Bertz CT molecular complexity index is 471. The number of hydrogen-bond donors (Lipinski definition) is 2. The summed E-state index contributed by atoms with van der Waals surface area (Å²) in [6.45, 7) is 15.2. The monoisotopic (exact) mass is 372 g/mol. The predicted octanol–water partition coefficient (Wildman–Crippen LogP) is 2.74. The lowest BCUT2D eigenvalue weighted by Crippen LogP contribution is -2.05. The third-order valence-corrected chi connectivity index (χ3v) is 2.35. The molecule has 26 heavy (non-hydrogen) atoms. The summed E-state index contributed by atoms with van der Waals surface area (Å²) in [7, 11) is 0. The molecule has 0 atom stereocenters. The third-order valence-electron chi connectivity index (χ3n) is 2.35. The van der Waals surface area contributed by atoms with E-state index in [2.05, 4.69) is 22.6 Å². The minimum atomic E-state index is -1.26. The van der Waals surface area contributed by atoms with Gasteiger partial charge < -0.3 is 19.7 Å². The van der Waals surface area contributed by atoms with Crippen molar-refractivity contribution in [2.75, 3.05) is 13.2 Å². The zero-order valence-electron chi connectivity index (χ0n) is 15.7. The maximum Gasteiger partial charge on any atom is 0.333 e. The van der Waals surface area contributed by atoms with Crippen LogP contribution in [-0.2, 0) is 28.7 Å². The lowest BCUT2D eigenvalue weighted by molar-refractivity contribution is -0.139. The number of carboxylic acids is 2. The first-order chi connectivity index (χ1) is 12.1. The van der Waals surface area contributed by atoms with Gasteiger partial charge in [0.25, 0.3) is 0 Å². The highest BCUT2D eigenvalue weighted by molar-refractivity contribution is 5.89. The minimum Gasteiger partial charge on any atom is -0.478 e. The number of aliphatic carboxylic acids is 2. The van der Waals surface area contributed by atoms with E-state index in [4.69, 9.17) is 10.2 Å². The highest BCUT2D eigenvalue weighted by Gasteiger charge is 2.03. The Balaban J connectivity index is -0.000000306. The maximum atomic E-state index is 10.7. The van der Waals surface area contributed by atoms with Crippen LogP contribution in [0.1, 0.15) is 40.5 Å². The molecule has 0 saturated carbocycles. The van der Waals surface area contributed by atoms with Crippen LogP contribution in [0.2, 0.25) is 0 Å². The number of rotatable bonds is 8. The molecule has 0 radical (unpaired) electrons. The van der Waals surface area contributed by atoms with Crippen LogP contribution in [-0.4, -0.2) is 47.3 Å². The maximum absolute atomic E-state index is 10.7. The van der Waals surface area contributed by atoms with E-state index in [0.29, 0.717) is 49.4 Å². The van der Waals surface area contributed by atoms with Gasteiger partial charge in [-0.05, 0) is 26.7 Å². The lowest BCUT2D eigenvalue weighted by Gasteiger charge is -1.99. The molecule has 0 rings (SSSR count). The Morgan fingerprint density at radius 1 is 0.731 bits per heavy atom. The van der Waals surface area contributed by atoms with E-state index in [1.807, 2.05) is 13.8 Å². The molecule has 0 bridgehead atoms. The molecule has 8 nitrogen and oxygen atoms in total. The number of carbonyl (C=O) groups excluding carboxylic acids is 2. The quantitative estimate of drug-likeness (QED) is 0.492. The Morgan fingerprint density at radius 3 is 1.15 bits per heavy atom. The van der Waals surface area contributed by atoms with Crippen molar-refractivity contribution in [1.82, 2.24) is 0 Å². The van der Waals surface area contributed by atoms with Gasteiger partial charge in [0.2, 0.25) is 0 Å². The third kappa shape index (κ3) is 21.1. The molecule has 0 amide bonds. The van der Waals surface area contributed by atoms with Gasteiger partial charge in [-0.3, -0.25) is 0 Å². The topological polar surface area (TPSA) is 127 Å². The summed E-state index contributed by atoms with van der Waals surface area (Å²) in [6.07, 6.45) is 2.45. The molecule has 0 unspecified atom stereocenters. The molecule has 0 heterocycles. The summed E-state index contributed by atoms with van der Waals surface area (Å²) in [5, 5.41) is 15.6. The lowest BCUT2D eigenvalue weighted by atomic mass is 10.2. The van der Waals surface area contributed by atoms with E-state index in [1.165, 1.54) is 0 Å². The first-order valence-corrected chi connectivity index (χ1v) is 7.90. The van der Waals surface area contributed by atoms with Crippen LogP contribution >= 0.6 is 0 Å². The highest BCUT2D eigenvalue weighted by Crippen LogP contribution is 1.98. The molecule has 0 spiro atoms. The Kier molecular flexibility index (Phi) is 19.8. The van der Waals surface area contributed by atoms with Crippen molar-refractivity contribution in [2.24, 2.45) is 0 Å². The van der Waals surface area contributed by atoms with E-state index in [9.17, 15) is 19.2 Å². The second-order valence-corrected chi connectivity index (χ2v) is 4.36. The van der Waals surface area contributed by atoms with Crippen LogP contribution in [0.15, 0.2) is 36.5 Å². The van der Waals surface area contributed by atoms with E-state index in [-0.39, 0.29) is 11.9 Å². The van der Waals surface area contributed by atoms with Gasteiger partial charge in [0, 0.05) is 23.3 Å². The Morgan fingerprint density at radius 2 is 1.00 bits per heavy atom. The number of carbonyl (C=O) groups is 4. The fourth-order valence-corrected chi connectivity index (χ4v) is 0.898. The molecule has 0 aromatic carbocycles. The first-order valence-electron chi connectivity index (χ1n) is 7.90. The standard InChI is InChI=1S/2C7H12O2.C4H4O4/c2*1-4-6(3)7(8)9-5-2;5-3(6)1-2-4(7)8/h2*3-5H2,1-2H3;1-2H,(H,5,6)(H,7,8)/b;;2-1+. The summed E-state index contributed by atoms with van der Waals surface area (Å²) in [5.74, 6) is -3.07. The first kappa shape index (κ1) is 27.9. The summed E-state index contributed by atoms with van der Waals surface area (Å²) in [4.78, 5) is 40.4. The SMILES string of the molecule is C=C(CC)C(=O)OCC.C=C(CC)C(=O)OCC.O=C(O)/C=C/C(=O)O. The van der Waals surface area contributed by atoms with Crippen molar-refractivity contribution in [3.63, 3.8) is 0 Å². The van der Waals surface area contributed by atoms with Gasteiger partial charge in [0.1, 0.15) is 0 Å². The largest absolute Gasteiger partial charge is 0.478 e. The van der Waals surface area contributed by atoms with Crippen LogP contribution < -0.4 is 0 Å². The Labute approximate surface area is 153 Å². The summed E-state index contributed by atoms with van der Waals surface area (Å²) in [5.41, 5.74) is 1.08. The van der Waals surface area contributed by atoms with Crippen molar-refractivity contribution in [1.29, 1.82) is 0 Å². The van der Waals surface area contributed by atoms with Crippen LogP contribution in [0, 0.1) is 0 Å². The molecule has 0 saturated heterocycles. The van der Waals surface area contributed by atoms with Crippen molar-refractivity contribution >= 4 is 23.9 Å². The fraction of sp³-hybridized carbons (Fsp3) is 0.444. The van der Waals surface area contributed by atoms with Crippen LogP contribution in [0.4, 0.5) is 0 Å². The molecule has 0 aliphatic rings. The molecule has 0 aromatic heterocycles. The number of carboxylic acid groups (broad SMARTS) is 2. The second-order valence-electron chi connectivity index (χ2n) is 4.36.